The van der Waals surface area contributed by atoms with Gasteiger partial charge in [-0.3, -0.25) is 0 Å². The number of rotatable bonds is 3. The molecule has 2 unspecified atom stereocenters. The summed E-state index contributed by atoms with van der Waals surface area (Å²) in [6, 6.07) is 8.89. The van der Waals surface area contributed by atoms with Gasteiger partial charge in [-0.25, -0.2) is 4.79 Å². The lowest BCUT2D eigenvalue weighted by molar-refractivity contribution is -0.159. The third-order valence-electron chi connectivity index (χ3n) is 2.73. The van der Waals surface area contributed by atoms with Crippen molar-refractivity contribution in [3.05, 3.63) is 47.7 Å². The molecule has 0 saturated carbocycles. The summed E-state index contributed by atoms with van der Waals surface area (Å²) in [5, 5.41) is 0. The number of carbonyl (C=O) groups is 1. The molecule has 0 aliphatic carbocycles. The Morgan fingerprint density at radius 2 is 2.06 bits per heavy atom. The summed E-state index contributed by atoms with van der Waals surface area (Å²) >= 11 is 0. The maximum absolute atomic E-state index is 11.9. The van der Waals surface area contributed by atoms with Crippen LogP contribution in [-0.4, -0.2) is 25.5 Å². The fourth-order valence-corrected chi connectivity index (χ4v) is 1.82. The molecule has 0 saturated heterocycles. The maximum atomic E-state index is 11.9. The van der Waals surface area contributed by atoms with Gasteiger partial charge in [0.25, 0.3) is 0 Å². The fraction of sp³-hybridized carbons (Fsp3) is 0.357. The molecule has 1 aliphatic rings. The minimum atomic E-state index is -0.540. The van der Waals surface area contributed by atoms with E-state index in [1.807, 2.05) is 13.0 Å². The lowest BCUT2D eigenvalue weighted by Crippen LogP contribution is -2.36. The van der Waals surface area contributed by atoms with E-state index >= 15 is 0 Å². The first-order chi connectivity index (χ1) is 8.70. The van der Waals surface area contributed by atoms with Crippen LogP contribution in [0.4, 0.5) is 0 Å². The Balaban J connectivity index is 2.04. The van der Waals surface area contributed by atoms with E-state index in [0.29, 0.717) is 12.0 Å². The van der Waals surface area contributed by atoms with E-state index in [2.05, 4.69) is 0 Å². The quantitative estimate of drug-likeness (QED) is 0.771. The van der Waals surface area contributed by atoms with Crippen molar-refractivity contribution >= 4 is 5.97 Å². The number of methoxy groups -OCH3 is 1. The number of ether oxygens (including phenoxy) is 3. The Hall–Kier alpha value is -1.81. The zero-order valence-corrected chi connectivity index (χ0v) is 10.5. The largest absolute Gasteiger partial charge is 0.469 e. The SMILES string of the molecule is COC1OC=C(C)CC1OC(=O)c1ccccc1. The van der Waals surface area contributed by atoms with Crippen molar-refractivity contribution in [3.63, 3.8) is 0 Å². The highest BCUT2D eigenvalue weighted by Crippen LogP contribution is 2.22. The zero-order chi connectivity index (χ0) is 13.0. The van der Waals surface area contributed by atoms with Crippen LogP contribution in [0.15, 0.2) is 42.2 Å². The molecule has 0 amide bonds. The minimum Gasteiger partial charge on any atom is -0.469 e. The van der Waals surface area contributed by atoms with Gasteiger partial charge in [-0.1, -0.05) is 18.2 Å². The molecule has 0 radical (unpaired) electrons. The summed E-state index contributed by atoms with van der Waals surface area (Å²) in [5.41, 5.74) is 1.55. The molecule has 2 atom stereocenters. The van der Waals surface area contributed by atoms with Crippen molar-refractivity contribution < 1.29 is 19.0 Å². The maximum Gasteiger partial charge on any atom is 0.338 e. The van der Waals surface area contributed by atoms with E-state index in [9.17, 15) is 4.79 Å². The Kier molecular flexibility index (Phi) is 3.99. The predicted molar refractivity (Wildman–Crippen MR) is 65.9 cm³/mol. The summed E-state index contributed by atoms with van der Waals surface area (Å²) in [6.45, 7) is 1.93. The number of carbonyl (C=O) groups excluding carboxylic acids is 1. The molecule has 1 aliphatic heterocycles. The van der Waals surface area contributed by atoms with Crippen LogP contribution in [0.3, 0.4) is 0 Å². The van der Waals surface area contributed by atoms with Crippen LogP contribution in [0.25, 0.3) is 0 Å². The van der Waals surface area contributed by atoms with Crippen LogP contribution in [0.2, 0.25) is 0 Å². The molecular formula is C14H16O4. The van der Waals surface area contributed by atoms with Gasteiger partial charge < -0.3 is 14.2 Å². The highest BCUT2D eigenvalue weighted by atomic mass is 16.7. The third-order valence-corrected chi connectivity index (χ3v) is 2.73. The number of hydrogen-bond donors (Lipinski definition) is 0. The summed E-state index contributed by atoms with van der Waals surface area (Å²) < 4.78 is 15.9. The van der Waals surface area contributed by atoms with Gasteiger partial charge in [-0.05, 0) is 24.6 Å². The van der Waals surface area contributed by atoms with Crippen molar-refractivity contribution in [2.75, 3.05) is 7.11 Å². The van der Waals surface area contributed by atoms with Gasteiger partial charge in [-0.15, -0.1) is 0 Å². The molecular weight excluding hydrogens is 232 g/mol. The average Bonchev–Trinajstić information content (AvgIpc) is 2.40. The average molecular weight is 248 g/mol. The second kappa shape index (κ2) is 5.69. The Bertz CT molecular complexity index is 438. The first-order valence-electron chi connectivity index (χ1n) is 5.80. The number of hydrogen-bond acceptors (Lipinski definition) is 4. The summed E-state index contributed by atoms with van der Waals surface area (Å²) in [4.78, 5) is 11.9. The first kappa shape index (κ1) is 12.6. The van der Waals surface area contributed by atoms with Gasteiger partial charge in [0, 0.05) is 13.5 Å². The Morgan fingerprint density at radius 3 is 2.72 bits per heavy atom. The van der Waals surface area contributed by atoms with E-state index in [-0.39, 0.29) is 5.97 Å². The van der Waals surface area contributed by atoms with E-state index in [4.69, 9.17) is 14.2 Å². The van der Waals surface area contributed by atoms with Crippen molar-refractivity contribution in [2.24, 2.45) is 0 Å². The molecule has 0 aromatic heterocycles. The number of esters is 1. The van der Waals surface area contributed by atoms with E-state index in [0.717, 1.165) is 5.57 Å². The standard InChI is InChI=1S/C14H16O4/c1-10-8-12(14(16-2)17-9-10)18-13(15)11-6-4-3-5-7-11/h3-7,9,12,14H,8H2,1-2H3. The lowest BCUT2D eigenvalue weighted by Gasteiger charge is -2.29. The van der Waals surface area contributed by atoms with Crippen LogP contribution >= 0.6 is 0 Å². The van der Waals surface area contributed by atoms with Gasteiger partial charge in [0.2, 0.25) is 6.29 Å². The van der Waals surface area contributed by atoms with E-state index in [1.165, 1.54) is 7.11 Å². The Labute approximate surface area is 106 Å². The van der Waals surface area contributed by atoms with E-state index in [1.54, 1.807) is 30.5 Å². The Morgan fingerprint density at radius 1 is 1.33 bits per heavy atom. The van der Waals surface area contributed by atoms with Crippen molar-refractivity contribution in [2.45, 2.75) is 25.7 Å². The fourth-order valence-electron chi connectivity index (χ4n) is 1.82. The smallest absolute Gasteiger partial charge is 0.338 e. The molecule has 1 heterocycles. The molecule has 0 N–H and O–H groups in total. The molecule has 4 nitrogen and oxygen atoms in total. The summed E-state index contributed by atoms with van der Waals surface area (Å²) in [6.07, 6.45) is 1.31. The zero-order valence-electron chi connectivity index (χ0n) is 10.5. The van der Waals surface area contributed by atoms with Crippen LogP contribution in [0.5, 0.6) is 0 Å². The highest BCUT2D eigenvalue weighted by Gasteiger charge is 2.30. The van der Waals surface area contributed by atoms with Gasteiger partial charge in [0.05, 0.1) is 11.8 Å². The third kappa shape index (κ3) is 2.90. The lowest BCUT2D eigenvalue weighted by atomic mass is 10.1. The molecule has 4 heteroatoms. The molecule has 0 spiro atoms. The second-order valence-corrected chi connectivity index (χ2v) is 4.22. The van der Waals surface area contributed by atoms with Crippen LogP contribution < -0.4 is 0 Å². The predicted octanol–water partition coefficient (Wildman–Crippen LogP) is 2.51. The molecule has 2 rings (SSSR count). The number of benzene rings is 1. The molecule has 96 valence electrons. The molecule has 1 aromatic rings. The highest BCUT2D eigenvalue weighted by molar-refractivity contribution is 5.89. The van der Waals surface area contributed by atoms with E-state index < -0.39 is 12.4 Å². The van der Waals surface area contributed by atoms with Crippen molar-refractivity contribution in [1.82, 2.24) is 0 Å². The van der Waals surface area contributed by atoms with Crippen molar-refractivity contribution in [3.8, 4) is 0 Å². The van der Waals surface area contributed by atoms with Crippen LogP contribution in [0, 0.1) is 0 Å². The normalized spacial score (nSPS) is 22.9. The minimum absolute atomic E-state index is 0.360. The second-order valence-electron chi connectivity index (χ2n) is 4.22. The molecule has 0 fully saturated rings. The molecule has 0 bridgehead atoms. The topological polar surface area (TPSA) is 44.8 Å². The van der Waals surface area contributed by atoms with Crippen LogP contribution in [-0.2, 0) is 14.2 Å². The molecule has 1 aromatic carbocycles. The van der Waals surface area contributed by atoms with Crippen LogP contribution in [0.1, 0.15) is 23.7 Å². The summed E-state index contributed by atoms with van der Waals surface area (Å²) in [5.74, 6) is -0.360. The van der Waals surface area contributed by atoms with Gasteiger partial charge in [0.1, 0.15) is 0 Å². The first-order valence-corrected chi connectivity index (χ1v) is 5.80. The summed E-state index contributed by atoms with van der Waals surface area (Å²) in [7, 11) is 1.53. The van der Waals surface area contributed by atoms with Gasteiger partial charge >= 0.3 is 5.97 Å². The van der Waals surface area contributed by atoms with Crippen molar-refractivity contribution in [1.29, 1.82) is 0 Å². The van der Waals surface area contributed by atoms with Gasteiger partial charge in [-0.2, -0.15) is 0 Å². The monoisotopic (exact) mass is 248 g/mol. The molecule has 18 heavy (non-hydrogen) atoms. The van der Waals surface area contributed by atoms with Gasteiger partial charge in [0.15, 0.2) is 6.10 Å².